The van der Waals surface area contributed by atoms with Crippen molar-refractivity contribution in [3.05, 3.63) is 30.0 Å². The van der Waals surface area contributed by atoms with Gasteiger partial charge in [0.2, 0.25) is 0 Å². The molecule has 2 aliphatic heterocycles. The Balaban J connectivity index is 1.30. The number of hydrogen-bond donors (Lipinski definition) is 1. The summed E-state index contributed by atoms with van der Waals surface area (Å²) in [6.45, 7) is 6.85. The molecule has 0 spiro atoms. The Morgan fingerprint density at radius 3 is 2.60 bits per heavy atom. The molecule has 2 fully saturated rings. The second kappa shape index (κ2) is 8.57. The van der Waals surface area contributed by atoms with Crippen LogP contribution in [0.5, 0.6) is 11.5 Å². The molecule has 0 radical (unpaired) electrons. The van der Waals surface area contributed by atoms with Gasteiger partial charge in [-0.05, 0) is 31.0 Å². The fourth-order valence-corrected chi connectivity index (χ4v) is 5.21. The Bertz CT molecular complexity index is 869. The highest BCUT2D eigenvalue weighted by Crippen LogP contribution is 2.36. The molecule has 7 nitrogen and oxygen atoms in total. The standard InChI is InChI=1S/C23H32N4O3/c1-26-16-19(22(25-26)18-4-5-20-21(14-18)30-13-12-29-20)15-24-17-23(6-2-3-7-23)27-8-10-28-11-9-27/h4-5,14,16,24H,2-3,6-13,15,17H2,1H3. The van der Waals surface area contributed by atoms with Gasteiger partial charge in [0.15, 0.2) is 11.5 Å². The predicted octanol–water partition coefficient (Wildman–Crippen LogP) is 2.59. The van der Waals surface area contributed by atoms with Crippen LogP contribution in [0.25, 0.3) is 11.3 Å². The zero-order valence-corrected chi connectivity index (χ0v) is 17.9. The molecule has 1 saturated heterocycles. The molecule has 3 aliphatic rings. The van der Waals surface area contributed by atoms with Gasteiger partial charge in [0.05, 0.1) is 18.9 Å². The molecule has 162 valence electrons. The molecule has 3 heterocycles. The Hall–Kier alpha value is -2.09. The molecule has 0 atom stereocenters. The molecule has 1 aromatic heterocycles. The number of benzene rings is 1. The smallest absolute Gasteiger partial charge is 0.162 e. The normalized spacial score (nSPS) is 21.1. The van der Waals surface area contributed by atoms with Crippen molar-refractivity contribution in [1.82, 2.24) is 20.0 Å². The maximum absolute atomic E-state index is 5.77. The zero-order valence-electron chi connectivity index (χ0n) is 17.9. The minimum absolute atomic E-state index is 0.281. The van der Waals surface area contributed by atoms with Crippen LogP contribution < -0.4 is 14.8 Å². The van der Waals surface area contributed by atoms with E-state index in [1.165, 1.54) is 31.2 Å². The lowest BCUT2D eigenvalue weighted by Gasteiger charge is -2.43. The Labute approximate surface area is 178 Å². The number of nitrogens with zero attached hydrogens (tertiary/aromatic N) is 3. The molecule has 1 N–H and O–H groups in total. The molecular weight excluding hydrogens is 380 g/mol. The van der Waals surface area contributed by atoms with Crippen molar-refractivity contribution < 1.29 is 14.2 Å². The first-order chi connectivity index (χ1) is 14.7. The highest BCUT2D eigenvalue weighted by molar-refractivity contribution is 5.66. The van der Waals surface area contributed by atoms with Crippen LogP contribution in [0.4, 0.5) is 0 Å². The molecule has 1 saturated carbocycles. The van der Waals surface area contributed by atoms with Gasteiger partial charge in [0, 0.05) is 56.1 Å². The van der Waals surface area contributed by atoms with E-state index < -0.39 is 0 Å². The SMILES string of the molecule is Cn1cc(CNCC2(N3CCOCC3)CCCC2)c(-c2ccc3c(c2)OCCO3)n1. The molecule has 0 bridgehead atoms. The van der Waals surface area contributed by atoms with Crippen molar-refractivity contribution >= 4 is 0 Å². The summed E-state index contributed by atoms with van der Waals surface area (Å²) in [7, 11) is 1.98. The van der Waals surface area contributed by atoms with Crippen LogP contribution in [0.1, 0.15) is 31.2 Å². The van der Waals surface area contributed by atoms with Crippen molar-refractivity contribution in [3.63, 3.8) is 0 Å². The number of fused-ring (bicyclic) bond motifs is 1. The number of aryl methyl sites for hydroxylation is 1. The highest BCUT2D eigenvalue weighted by Gasteiger charge is 2.39. The van der Waals surface area contributed by atoms with Gasteiger partial charge in [-0.3, -0.25) is 9.58 Å². The summed E-state index contributed by atoms with van der Waals surface area (Å²) in [5.41, 5.74) is 3.57. The molecule has 0 amide bonds. The first-order valence-corrected chi connectivity index (χ1v) is 11.2. The molecule has 30 heavy (non-hydrogen) atoms. The first-order valence-electron chi connectivity index (χ1n) is 11.2. The molecule has 0 unspecified atom stereocenters. The van der Waals surface area contributed by atoms with Crippen LogP contribution in [0.2, 0.25) is 0 Å². The molecule has 5 rings (SSSR count). The lowest BCUT2D eigenvalue weighted by Crippen LogP contribution is -2.56. The second-order valence-electron chi connectivity index (χ2n) is 8.67. The van der Waals surface area contributed by atoms with E-state index in [9.17, 15) is 0 Å². The van der Waals surface area contributed by atoms with Gasteiger partial charge in [-0.25, -0.2) is 0 Å². The van der Waals surface area contributed by atoms with E-state index in [0.717, 1.165) is 62.1 Å². The molecular formula is C23H32N4O3. The first kappa shape index (κ1) is 19.8. The summed E-state index contributed by atoms with van der Waals surface area (Å²) in [5.74, 6) is 1.62. The fraction of sp³-hybridized carbons (Fsp3) is 0.609. The van der Waals surface area contributed by atoms with Crippen LogP contribution in [0.15, 0.2) is 24.4 Å². The van der Waals surface area contributed by atoms with Crippen molar-refractivity contribution in [2.75, 3.05) is 46.1 Å². The third-order valence-corrected chi connectivity index (χ3v) is 6.71. The summed E-state index contributed by atoms with van der Waals surface area (Å²) in [5, 5.41) is 8.52. The van der Waals surface area contributed by atoms with Gasteiger partial charge in [-0.1, -0.05) is 12.8 Å². The van der Waals surface area contributed by atoms with Crippen LogP contribution in [0.3, 0.4) is 0 Å². The number of rotatable bonds is 6. The van der Waals surface area contributed by atoms with E-state index >= 15 is 0 Å². The van der Waals surface area contributed by atoms with Gasteiger partial charge in [0.1, 0.15) is 13.2 Å². The van der Waals surface area contributed by atoms with Crippen LogP contribution in [-0.4, -0.2) is 66.3 Å². The molecule has 1 aliphatic carbocycles. The quantitative estimate of drug-likeness (QED) is 0.787. The van der Waals surface area contributed by atoms with Gasteiger partial charge >= 0.3 is 0 Å². The third kappa shape index (κ3) is 3.94. The van der Waals surface area contributed by atoms with E-state index in [4.69, 9.17) is 19.3 Å². The summed E-state index contributed by atoms with van der Waals surface area (Å²) >= 11 is 0. The van der Waals surface area contributed by atoms with Gasteiger partial charge in [-0.15, -0.1) is 0 Å². The van der Waals surface area contributed by atoms with E-state index in [0.29, 0.717) is 13.2 Å². The zero-order chi connectivity index (χ0) is 20.4. The highest BCUT2D eigenvalue weighted by atomic mass is 16.6. The van der Waals surface area contributed by atoms with Gasteiger partial charge < -0.3 is 19.5 Å². The summed E-state index contributed by atoms with van der Waals surface area (Å²) in [6, 6.07) is 6.11. The van der Waals surface area contributed by atoms with E-state index in [2.05, 4.69) is 22.5 Å². The summed E-state index contributed by atoms with van der Waals surface area (Å²) in [4.78, 5) is 2.67. The Morgan fingerprint density at radius 2 is 1.80 bits per heavy atom. The van der Waals surface area contributed by atoms with Crippen LogP contribution in [0, 0.1) is 0 Å². The number of aromatic nitrogens is 2. The average Bonchev–Trinajstić information content (AvgIpc) is 3.41. The van der Waals surface area contributed by atoms with Crippen molar-refractivity contribution in [3.8, 4) is 22.8 Å². The largest absolute Gasteiger partial charge is 0.486 e. The lowest BCUT2D eigenvalue weighted by molar-refractivity contribution is -0.0205. The summed E-state index contributed by atoms with van der Waals surface area (Å²) < 4.78 is 18.9. The predicted molar refractivity (Wildman–Crippen MR) is 115 cm³/mol. The fourth-order valence-electron chi connectivity index (χ4n) is 5.21. The molecule has 1 aromatic carbocycles. The van der Waals surface area contributed by atoms with Crippen molar-refractivity contribution in [2.45, 2.75) is 37.8 Å². The Morgan fingerprint density at radius 1 is 1.03 bits per heavy atom. The second-order valence-corrected chi connectivity index (χ2v) is 8.67. The maximum atomic E-state index is 5.77. The topological polar surface area (TPSA) is 60.8 Å². The van der Waals surface area contributed by atoms with Crippen molar-refractivity contribution in [1.29, 1.82) is 0 Å². The number of hydrogen-bond acceptors (Lipinski definition) is 6. The van der Waals surface area contributed by atoms with Crippen LogP contribution >= 0.6 is 0 Å². The number of morpholine rings is 1. The lowest BCUT2D eigenvalue weighted by atomic mass is 9.94. The summed E-state index contributed by atoms with van der Waals surface area (Å²) in [6.07, 6.45) is 7.34. The third-order valence-electron chi connectivity index (χ3n) is 6.71. The van der Waals surface area contributed by atoms with E-state index in [1.54, 1.807) is 0 Å². The van der Waals surface area contributed by atoms with Crippen molar-refractivity contribution in [2.24, 2.45) is 7.05 Å². The van der Waals surface area contributed by atoms with Gasteiger partial charge in [-0.2, -0.15) is 5.10 Å². The maximum Gasteiger partial charge on any atom is 0.162 e. The van der Waals surface area contributed by atoms with Crippen LogP contribution in [-0.2, 0) is 18.3 Å². The number of ether oxygens (including phenoxy) is 3. The van der Waals surface area contributed by atoms with Gasteiger partial charge in [0.25, 0.3) is 0 Å². The van der Waals surface area contributed by atoms with E-state index in [-0.39, 0.29) is 5.54 Å². The van der Waals surface area contributed by atoms with E-state index in [1.807, 2.05) is 23.9 Å². The minimum Gasteiger partial charge on any atom is -0.486 e. The minimum atomic E-state index is 0.281. The average molecular weight is 413 g/mol. The molecule has 7 heteroatoms. The monoisotopic (exact) mass is 412 g/mol. The number of nitrogens with one attached hydrogen (secondary N) is 1. The molecule has 2 aromatic rings. The Kier molecular flexibility index (Phi) is 5.67.